The van der Waals surface area contributed by atoms with Crippen molar-refractivity contribution in [3.05, 3.63) is 22.4 Å². The van der Waals surface area contributed by atoms with Crippen molar-refractivity contribution in [1.29, 1.82) is 0 Å². The first-order chi connectivity index (χ1) is 13.1. The van der Waals surface area contributed by atoms with Gasteiger partial charge in [0, 0.05) is 50.2 Å². The van der Waals surface area contributed by atoms with Crippen LogP contribution in [0.4, 0.5) is 0 Å². The minimum Gasteiger partial charge on any atom is -0.343 e. The first-order valence-corrected chi connectivity index (χ1v) is 11.1. The maximum absolute atomic E-state index is 12.6. The summed E-state index contributed by atoms with van der Waals surface area (Å²) in [5, 5.41) is 5.09. The number of nitrogens with zero attached hydrogens (tertiary/aromatic N) is 3. The maximum Gasteiger partial charge on any atom is 0.311 e. The Hall–Kier alpha value is -1.44. The van der Waals surface area contributed by atoms with Gasteiger partial charge in [0.05, 0.1) is 6.04 Å². The molecule has 0 bridgehead atoms. The summed E-state index contributed by atoms with van der Waals surface area (Å²) in [6, 6.07) is 4.19. The molecule has 2 aliphatic heterocycles. The molecule has 0 aromatic carbocycles. The second kappa shape index (κ2) is 9.66. The Morgan fingerprint density at radius 3 is 2.41 bits per heavy atom. The van der Waals surface area contributed by atoms with Gasteiger partial charge in [0.25, 0.3) is 0 Å². The standard InChI is InChI=1S/C20H32N4O2S/c1-3-22-11-13-23(14-12-22)18(17-8-7-15-27-17)16(2)21-19(25)20(26)24-9-5-4-6-10-24/h7-8,15-16,18H,3-6,9-14H2,1-2H3,(H,21,25)/t16-,18+/m0/s1. The smallest absolute Gasteiger partial charge is 0.311 e. The second-order valence-corrected chi connectivity index (χ2v) is 8.52. The Morgan fingerprint density at radius 2 is 1.81 bits per heavy atom. The lowest BCUT2D eigenvalue weighted by molar-refractivity contribution is -0.147. The van der Waals surface area contributed by atoms with E-state index >= 15 is 0 Å². The normalized spacial score (nSPS) is 21.6. The molecule has 0 spiro atoms. The molecule has 0 aliphatic carbocycles. The van der Waals surface area contributed by atoms with Crippen molar-refractivity contribution in [2.75, 3.05) is 45.8 Å². The molecule has 27 heavy (non-hydrogen) atoms. The molecule has 2 atom stereocenters. The molecule has 1 aromatic heterocycles. The van der Waals surface area contributed by atoms with Crippen LogP contribution in [0.25, 0.3) is 0 Å². The van der Waals surface area contributed by atoms with Gasteiger partial charge in [-0.15, -0.1) is 11.3 Å². The van der Waals surface area contributed by atoms with Gasteiger partial charge >= 0.3 is 11.8 Å². The molecule has 0 radical (unpaired) electrons. The van der Waals surface area contributed by atoms with Crippen LogP contribution in [-0.2, 0) is 9.59 Å². The molecule has 3 heterocycles. The molecular formula is C20H32N4O2S. The van der Waals surface area contributed by atoms with E-state index in [0.29, 0.717) is 13.1 Å². The molecular weight excluding hydrogens is 360 g/mol. The molecule has 0 unspecified atom stereocenters. The summed E-state index contributed by atoms with van der Waals surface area (Å²) in [5.74, 6) is -0.833. The third kappa shape index (κ3) is 5.09. The minimum atomic E-state index is -0.460. The van der Waals surface area contributed by atoms with Gasteiger partial charge in [-0.2, -0.15) is 0 Å². The number of thiophene rings is 1. The van der Waals surface area contributed by atoms with E-state index < -0.39 is 5.91 Å². The molecule has 2 fully saturated rings. The first kappa shape index (κ1) is 20.3. The SMILES string of the molecule is CCN1CCN([C@@H](c2cccs2)[C@H](C)NC(=O)C(=O)N2CCCCC2)CC1. The maximum atomic E-state index is 12.6. The topological polar surface area (TPSA) is 55.9 Å². The average Bonchev–Trinajstić information content (AvgIpc) is 3.23. The van der Waals surface area contributed by atoms with Crippen molar-refractivity contribution in [1.82, 2.24) is 20.0 Å². The number of hydrogen-bond acceptors (Lipinski definition) is 5. The number of amides is 2. The summed E-state index contributed by atoms with van der Waals surface area (Å²) in [4.78, 5) is 32.9. The van der Waals surface area contributed by atoms with Crippen LogP contribution >= 0.6 is 11.3 Å². The zero-order valence-electron chi connectivity index (χ0n) is 16.5. The first-order valence-electron chi connectivity index (χ1n) is 10.2. The van der Waals surface area contributed by atoms with Crippen LogP contribution in [0.3, 0.4) is 0 Å². The molecule has 1 aromatic rings. The largest absolute Gasteiger partial charge is 0.343 e. The van der Waals surface area contributed by atoms with E-state index in [1.54, 1.807) is 16.2 Å². The number of likely N-dealkylation sites (N-methyl/N-ethyl adjacent to an activating group) is 1. The predicted octanol–water partition coefficient (Wildman–Crippen LogP) is 1.94. The third-order valence-corrected chi connectivity index (χ3v) is 6.70. The van der Waals surface area contributed by atoms with Gasteiger partial charge in [-0.3, -0.25) is 14.5 Å². The molecule has 6 nitrogen and oxygen atoms in total. The molecule has 3 rings (SSSR count). The highest BCUT2D eigenvalue weighted by Gasteiger charge is 2.32. The fourth-order valence-corrected chi connectivity index (χ4v) is 5.11. The minimum absolute atomic E-state index is 0.113. The number of carbonyl (C=O) groups excluding carboxylic acids is 2. The van der Waals surface area contributed by atoms with E-state index in [9.17, 15) is 9.59 Å². The van der Waals surface area contributed by atoms with Crippen molar-refractivity contribution in [3.63, 3.8) is 0 Å². The molecule has 1 N–H and O–H groups in total. The van der Waals surface area contributed by atoms with Crippen LogP contribution < -0.4 is 5.32 Å². The van der Waals surface area contributed by atoms with Crippen molar-refractivity contribution >= 4 is 23.2 Å². The van der Waals surface area contributed by atoms with Gasteiger partial charge < -0.3 is 15.1 Å². The van der Waals surface area contributed by atoms with Crippen LogP contribution in [0.1, 0.15) is 44.0 Å². The molecule has 150 valence electrons. The van der Waals surface area contributed by atoms with E-state index in [0.717, 1.165) is 52.0 Å². The fraction of sp³-hybridized carbons (Fsp3) is 0.700. The van der Waals surface area contributed by atoms with Gasteiger partial charge in [-0.05, 0) is 44.2 Å². The van der Waals surface area contributed by atoms with Crippen molar-refractivity contribution < 1.29 is 9.59 Å². The Balaban J connectivity index is 1.65. The quantitative estimate of drug-likeness (QED) is 0.778. The fourth-order valence-electron chi connectivity index (χ4n) is 4.15. The number of piperidine rings is 1. The van der Waals surface area contributed by atoms with Crippen molar-refractivity contribution in [3.8, 4) is 0 Å². The van der Waals surface area contributed by atoms with Gasteiger partial charge in [-0.1, -0.05) is 13.0 Å². The van der Waals surface area contributed by atoms with E-state index in [4.69, 9.17) is 0 Å². The summed E-state index contributed by atoms with van der Waals surface area (Å²) in [7, 11) is 0. The number of nitrogens with one attached hydrogen (secondary N) is 1. The lowest BCUT2D eigenvalue weighted by Gasteiger charge is -2.41. The average molecular weight is 393 g/mol. The van der Waals surface area contributed by atoms with E-state index in [1.807, 2.05) is 6.92 Å². The summed E-state index contributed by atoms with van der Waals surface area (Å²) >= 11 is 1.72. The van der Waals surface area contributed by atoms with E-state index in [-0.39, 0.29) is 18.0 Å². The summed E-state index contributed by atoms with van der Waals surface area (Å²) in [6.07, 6.45) is 3.13. The van der Waals surface area contributed by atoms with Crippen LogP contribution in [0.5, 0.6) is 0 Å². The molecule has 2 aliphatic rings. The molecule has 2 saturated heterocycles. The Kier molecular flexibility index (Phi) is 7.26. The molecule has 7 heteroatoms. The Morgan fingerprint density at radius 1 is 1.11 bits per heavy atom. The van der Waals surface area contributed by atoms with E-state index in [2.05, 4.69) is 39.6 Å². The van der Waals surface area contributed by atoms with Crippen LogP contribution in [0.2, 0.25) is 0 Å². The number of carbonyl (C=O) groups is 2. The summed E-state index contributed by atoms with van der Waals surface area (Å²) < 4.78 is 0. The summed E-state index contributed by atoms with van der Waals surface area (Å²) in [6.45, 7) is 10.8. The third-order valence-electron chi connectivity index (χ3n) is 5.75. The van der Waals surface area contributed by atoms with Crippen molar-refractivity contribution in [2.45, 2.75) is 45.2 Å². The predicted molar refractivity (Wildman–Crippen MR) is 109 cm³/mol. The van der Waals surface area contributed by atoms with Crippen LogP contribution in [-0.4, -0.2) is 78.4 Å². The number of likely N-dealkylation sites (tertiary alicyclic amines) is 1. The number of piperazine rings is 1. The highest BCUT2D eigenvalue weighted by molar-refractivity contribution is 7.10. The molecule has 2 amide bonds. The van der Waals surface area contributed by atoms with Crippen LogP contribution in [0, 0.1) is 0 Å². The van der Waals surface area contributed by atoms with E-state index in [1.165, 1.54) is 4.88 Å². The van der Waals surface area contributed by atoms with Crippen LogP contribution in [0.15, 0.2) is 17.5 Å². The van der Waals surface area contributed by atoms with Crippen molar-refractivity contribution in [2.24, 2.45) is 0 Å². The van der Waals surface area contributed by atoms with Gasteiger partial charge in [0.15, 0.2) is 0 Å². The van der Waals surface area contributed by atoms with Gasteiger partial charge in [0.1, 0.15) is 0 Å². The zero-order chi connectivity index (χ0) is 19.2. The Bertz CT molecular complexity index is 608. The van der Waals surface area contributed by atoms with Gasteiger partial charge in [0.2, 0.25) is 0 Å². The number of hydrogen-bond donors (Lipinski definition) is 1. The lowest BCUT2D eigenvalue weighted by atomic mass is 10.0. The monoisotopic (exact) mass is 392 g/mol. The lowest BCUT2D eigenvalue weighted by Crippen LogP contribution is -2.54. The highest BCUT2D eigenvalue weighted by Crippen LogP contribution is 2.29. The van der Waals surface area contributed by atoms with Gasteiger partial charge in [-0.25, -0.2) is 0 Å². The molecule has 0 saturated carbocycles. The zero-order valence-corrected chi connectivity index (χ0v) is 17.3. The second-order valence-electron chi connectivity index (χ2n) is 7.55. The summed E-state index contributed by atoms with van der Waals surface area (Å²) in [5.41, 5.74) is 0. The highest BCUT2D eigenvalue weighted by atomic mass is 32.1. The Labute approximate surface area is 166 Å². The number of rotatable bonds is 5.